The molecule has 1 aliphatic heterocycles. The summed E-state index contributed by atoms with van der Waals surface area (Å²) in [5.74, 6) is -2.01. The molecule has 5 N–H and O–H groups in total. The fourth-order valence-electron chi connectivity index (χ4n) is 8.52. The maximum atomic E-state index is 13.9. The number of aryl methyl sites for hydroxylation is 4. The summed E-state index contributed by atoms with van der Waals surface area (Å²) < 4.78 is 23.6. The number of pyridine rings is 1. The molecule has 70 heavy (non-hydrogen) atoms. The van der Waals surface area contributed by atoms with Gasteiger partial charge >= 0.3 is 0 Å². The first-order valence-corrected chi connectivity index (χ1v) is 22.6. The monoisotopic (exact) mass is 952 g/mol. The number of primary amides is 2. The van der Waals surface area contributed by atoms with Crippen LogP contribution in [0, 0.1) is 13.8 Å². The van der Waals surface area contributed by atoms with Gasteiger partial charge in [0.05, 0.1) is 52.9 Å². The summed E-state index contributed by atoms with van der Waals surface area (Å²) in [6.07, 6.45) is 8.68. The summed E-state index contributed by atoms with van der Waals surface area (Å²) in [4.78, 5) is 92.3. The van der Waals surface area contributed by atoms with Gasteiger partial charge in [-0.15, -0.1) is 0 Å². The maximum Gasteiger partial charge on any atom is 0.295 e. The van der Waals surface area contributed by atoms with Gasteiger partial charge in [0, 0.05) is 93.5 Å². The Balaban J connectivity index is 1.13. The van der Waals surface area contributed by atoms with Crippen LogP contribution in [0.3, 0.4) is 0 Å². The van der Waals surface area contributed by atoms with Crippen LogP contribution in [0.5, 0.6) is 11.5 Å². The molecule has 0 bridgehead atoms. The zero-order valence-electron chi connectivity index (χ0n) is 39.6. The molecule has 8 rings (SSSR count). The molecule has 5 aromatic heterocycles. The Labute approximate surface area is 400 Å². The van der Waals surface area contributed by atoms with E-state index in [9.17, 15) is 28.8 Å². The number of methoxy groups -OCH3 is 1. The lowest BCUT2D eigenvalue weighted by atomic mass is 10.1. The topological polar surface area (TPSA) is 271 Å². The first-order valence-electron chi connectivity index (χ1n) is 22.6. The number of carbonyl (C=O) groups is 6. The molecule has 0 radical (unpaired) electrons. The fourth-order valence-corrected chi connectivity index (χ4v) is 8.52. The Hall–Kier alpha value is -8.62. The van der Waals surface area contributed by atoms with Crippen LogP contribution in [-0.2, 0) is 40.4 Å². The maximum absolute atomic E-state index is 13.9. The first kappa shape index (κ1) is 47.9. The standard InChI is InChI=1S/C49H52N12O9/c1-7-33-45(70-28(4)53-33)48(67)55-49-54-34-22-30(47(51)66)25-38(69-19-11-15-57(5)39(62)14-18-59-40(63)12-13-41(59)64)44(34)60(49)17-10-9-16-58-36-23-31(35-20-27(3)56-61(35)8-2)26-52-42(36)32-21-29(46(50)65)24-37(68-6)43(32)58/h9-10,12-13,20-26H,7-8,11,14-19H2,1-6H3,(H2,50,65)(H2,51,66)(H,54,55,67)/b10-9+. The van der Waals surface area contributed by atoms with Crippen molar-refractivity contribution in [2.24, 2.45) is 11.5 Å². The zero-order valence-corrected chi connectivity index (χ0v) is 39.6. The van der Waals surface area contributed by atoms with Crippen molar-refractivity contribution in [3.8, 4) is 22.8 Å². The summed E-state index contributed by atoms with van der Waals surface area (Å²) in [7, 11) is 3.13. The van der Waals surface area contributed by atoms with E-state index in [1.54, 1.807) is 36.9 Å². The largest absolute Gasteiger partial charge is 0.495 e. The minimum Gasteiger partial charge on any atom is -0.495 e. The van der Waals surface area contributed by atoms with Crippen molar-refractivity contribution in [3.63, 3.8) is 0 Å². The minimum absolute atomic E-state index is 0.0299. The highest BCUT2D eigenvalue weighted by molar-refractivity contribution is 6.13. The quantitative estimate of drug-likeness (QED) is 0.0525. The highest BCUT2D eigenvalue weighted by Gasteiger charge is 2.26. The number of nitrogens with one attached hydrogen (secondary N) is 1. The van der Waals surface area contributed by atoms with E-state index in [4.69, 9.17) is 35.3 Å². The molecule has 21 heteroatoms. The minimum atomic E-state index is -0.733. The Morgan fingerprint density at radius 2 is 1.59 bits per heavy atom. The number of hydrogen-bond acceptors (Lipinski definition) is 13. The number of imidazole rings is 1. The highest BCUT2D eigenvalue weighted by atomic mass is 16.5. The molecular weight excluding hydrogens is 901 g/mol. The Kier molecular flexibility index (Phi) is 13.6. The summed E-state index contributed by atoms with van der Waals surface area (Å²) in [6.45, 7) is 8.84. The second-order valence-corrected chi connectivity index (χ2v) is 16.6. The summed E-state index contributed by atoms with van der Waals surface area (Å²) >= 11 is 0. The van der Waals surface area contributed by atoms with Crippen molar-refractivity contribution in [1.82, 2.24) is 43.7 Å². The van der Waals surface area contributed by atoms with Crippen molar-refractivity contribution < 1.29 is 42.7 Å². The molecule has 6 amide bonds. The average Bonchev–Trinajstić information content (AvgIpc) is 4.16. The highest BCUT2D eigenvalue weighted by Crippen LogP contribution is 2.37. The summed E-state index contributed by atoms with van der Waals surface area (Å²) in [5.41, 5.74) is 17.8. The lowest BCUT2D eigenvalue weighted by Crippen LogP contribution is -2.36. The number of hydrogen-bond donors (Lipinski definition) is 3. The Bertz CT molecular complexity index is 3300. The van der Waals surface area contributed by atoms with Gasteiger partial charge in [0.15, 0.2) is 5.89 Å². The van der Waals surface area contributed by atoms with Crippen LogP contribution in [0.25, 0.3) is 44.2 Å². The second-order valence-electron chi connectivity index (χ2n) is 16.6. The number of anilines is 1. The predicted octanol–water partition coefficient (Wildman–Crippen LogP) is 4.85. The fraction of sp³-hybridized carbons (Fsp3) is 0.306. The lowest BCUT2D eigenvalue weighted by Gasteiger charge is -2.19. The van der Waals surface area contributed by atoms with Gasteiger partial charge < -0.3 is 39.4 Å². The number of nitrogens with zero attached hydrogens (tertiary/aromatic N) is 9. The molecule has 1 aliphatic rings. The second kappa shape index (κ2) is 19.9. The molecule has 0 fully saturated rings. The predicted molar refractivity (Wildman–Crippen MR) is 258 cm³/mol. The van der Waals surface area contributed by atoms with Crippen LogP contribution in [-0.4, -0.2) is 113 Å². The van der Waals surface area contributed by atoms with E-state index in [1.807, 2.05) is 54.3 Å². The van der Waals surface area contributed by atoms with Crippen molar-refractivity contribution in [3.05, 3.63) is 101 Å². The zero-order chi connectivity index (χ0) is 50.0. The van der Waals surface area contributed by atoms with Gasteiger partial charge in [-0.25, -0.2) is 9.97 Å². The number of nitrogens with two attached hydrogens (primary N) is 2. The normalized spacial score (nSPS) is 12.6. The summed E-state index contributed by atoms with van der Waals surface area (Å²) in [6, 6.07) is 10.3. The van der Waals surface area contributed by atoms with E-state index >= 15 is 0 Å². The molecule has 0 unspecified atom stereocenters. The van der Waals surface area contributed by atoms with Crippen LogP contribution in [0.4, 0.5) is 5.95 Å². The number of amides is 6. The smallest absolute Gasteiger partial charge is 0.295 e. The van der Waals surface area contributed by atoms with Gasteiger partial charge in [0.1, 0.15) is 17.0 Å². The number of ether oxygens (including phenoxy) is 2. The Morgan fingerprint density at radius 1 is 0.886 bits per heavy atom. The van der Waals surface area contributed by atoms with Gasteiger partial charge in [0.25, 0.3) is 17.7 Å². The number of fused-ring (bicyclic) bond motifs is 4. The molecule has 0 atom stereocenters. The number of carbonyl (C=O) groups excluding carboxylic acids is 6. The third-order valence-corrected chi connectivity index (χ3v) is 11.9. The van der Waals surface area contributed by atoms with E-state index < -0.39 is 29.5 Å². The van der Waals surface area contributed by atoms with Gasteiger partial charge in [-0.3, -0.25) is 48.6 Å². The molecular formula is C49H52N12O9. The van der Waals surface area contributed by atoms with E-state index in [0.717, 1.165) is 27.4 Å². The van der Waals surface area contributed by atoms with E-state index in [2.05, 4.69) is 15.4 Å². The molecule has 0 saturated heterocycles. The summed E-state index contributed by atoms with van der Waals surface area (Å²) in [5, 5.41) is 8.18. The van der Waals surface area contributed by atoms with E-state index in [0.29, 0.717) is 64.2 Å². The third-order valence-electron chi connectivity index (χ3n) is 11.9. The van der Waals surface area contributed by atoms with E-state index in [-0.39, 0.29) is 73.7 Å². The van der Waals surface area contributed by atoms with Crippen LogP contribution >= 0.6 is 0 Å². The first-order chi connectivity index (χ1) is 33.6. The van der Waals surface area contributed by atoms with Crippen molar-refractivity contribution in [2.45, 2.75) is 66.6 Å². The number of imide groups is 1. The van der Waals surface area contributed by atoms with Crippen molar-refractivity contribution >= 4 is 74.4 Å². The third kappa shape index (κ3) is 9.45. The number of oxazole rings is 1. The van der Waals surface area contributed by atoms with Crippen LogP contribution in [0.1, 0.15) is 75.2 Å². The Morgan fingerprint density at radius 3 is 2.27 bits per heavy atom. The molecule has 362 valence electrons. The van der Waals surface area contributed by atoms with Crippen molar-refractivity contribution in [2.75, 3.05) is 39.2 Å². The van der Waals surface area contributed by atoms with Gasteiger partial charge in [-0.2, -0.15) is 5.10 Å². The van der Waals surface area contributed by atoms with Gasteiger partial charge in [-0.1, -0.05) is 19.1 Å². The molecule has 0 saturated carbocycles. The lowest BCUT2D eigenvalue weighted by molar-refractivity contribution is -0.138. The van der Waals surface area contributed by atoms with Gasteiger partial charge in [0.2, 0.25) is 29.4 Å². The van der Waals surface area contributed by atoms with E-state index in [1.165, 1.54) is 36.3 Å². The van der Waals surface area contributed by atoms with Crippen LogP contribution < -0.4 is 26.3 Å². The number of rotatable bonds is 20. The average molecular weight is 953 g/mol. The van der Waals surface area contributed by atoms with Crippen LogP contribution in [0.15, 0.2) is 71.3 Å². The number of aromatic nitrogens is 7. The molecule has 21 nitrogen and oxygen atoms in total. The SMILES string of the molecule is CCc1nc(C)oc1C(=O)Nc1nc2cc(C(N)=O)cc(OCCCN(C)C(=O)CCN3C(=O)C=CC3=O)c2n1C/C=C/Cn1c2cc(-c3cc(C)nn3CC)cnc2c2cc(C(N)=O)cc(OC)c21. The molecule has 0 spiro atoms. The number of benzene rings is 2. The van der Waals surface area contributed by atoms with Crippen molar-refractivity contribution in [1.29, 1.82) is 0 Å². The molecule has 2 aromatic carbocycles. The number of allylic oxidation sites excluding steroid dienone is 2. The molecule has 0 aliphatic carbocycles. The van der Waals surface area contributed by atoms with Gasteiger partial charge in [-0.05, 0) is 63.1 Å². The molecule has 7 aromatic rings. The van der Waals surface area contributed by atoms with Crippen LogP contribution in [0.2, 0.25) is 0 Å². The molecule has 6 heterocycles.